The minimum Gasteiger partial charge on any atom is -0.481 e. The van der Waals surface area contributed by atoms with E-state index in [4.69, 9.17) is 4.74 Å². The molecule has 0 aromatic carbocycles. The lowest BCUT2D eigenvalue weighted by atomic mass is 9.89. The number of aliphatic carboxylic acids is 1. The van der Waals surface area contributed by atoms with Gasteiger partial charge in [-0.3, -0.25) is 4.79 Å². The second-order valence-corrected chi connectivity index (χ2v) is 4.86. The van der Waals surface area contributed by atoms with E-state index in [0.29, 0.717) is 12.3 Å². The zero-order chi connectivity index (χ0) is 12.0. The molecule has 1 unspecified atom stereocenters. The second-order valence-electron chi connectivity index (χ2n) is 4.86. The summed E-state index contributed by atoms with van der Waals surface area (Å²) in [4.78, 5) is 15.5. The first-order valence-corrected chi connectivity index (χ1v) is 5.18. The maximum atomic E-state index is 11.4. The van der Waals surface area contributed by atoms with Crippen LogP contribution in [-0.2, 0) is 10.2 Å². The van der Waals surface area contributed by atoms with Gasteiger partial charge in [-0.25, -0.2) is 4.98 Å². The van der Waals surface area contributed by atoms with Crippen molar-refractivity contribution in [3.05, 3.63) is 23.9 Å². The molecule has 1 fully saturated rings. The first-order chi connectivity index (χ1) is 7.44. The highest BCUT2D eigenvalue weighted by Crippen LogP contribution is 2.64. The Bertz CT molecular complexity index is 424. The number of carboxylic acid groups (broad SMARTS) is 1. The monoisotopic (exact) mass is 221 g/mol. The van der Waals surface area contributed by atoms with Crippen molar-refractivity contribution in [3.63, 3.8) is 0 Å². The van der Waals surface area contributed by atoms with Gasteiger partial charge < -0.3 is 9.84 Å². The van der Waals surface area contributed by atoms with E-state index >= 15 is 0 Å². The standard InChI is InChI=1S/C12H15NO3/c1-11(2)7-12(11,10(14)15)8-4-5-9(16-3)13-6-8/h4-6H,7H2,1-3H3,(H,14,15). The maximum Gasteiger partial charge on any atom is 0.314 e. The van der Waals surface area contributed by atoms with Crippen LogP contribution >= 0.6 is 0 Å². The molecule has 0 aliphatic heterocycles. The molecule has 2 rings (SSSR count). The number of hydrogen-bond acceptors (Lipinski definition) is 3. The van der Waals surface area contributed by atoms with Crippen molar-refractivity contribution in [2.45, 2.75) is 25.7 Å². The van der Waals surface area contributed by atoms with Gasteiger partial charge in [0.25, 0.3) is 0 Å². The van der Waals surface area contributed by atoms with E-state index in [-0.39, 0.29) is 5.41 Å². The molecule has 1 aromatic heterocycles. The van der Waals surface area contributed by atoms with E-state index in [0.717, 1.165) is 5.56 Å². The molecule has 0 spiro atoms. The van der Waals surface area contributed by atoms with Crippen LogP contribution in [0.4, 0.5) is 0 Å². The van der Waals surface area contributed by atoms with E-state index in [1.807, 2.05) is 13.8 Å². The van der Waals surface area contributed by atoms with Crippen molar-refractivity contribution in [2.24, 2.45) is 5.41 Å². The minimum atomic E-state index is -0.774. The Kier molecular flexibility index (Phi) is 2.19. The van der Waals surface area contributed by atoms with E-state index in [9.17, 15) is 9.90 Å². The van der Waals surface area contributed by atoms with Crippen molar-refractivity contribution in [2.75, 3.05) is 7.11 Å². The summed E-state index contributed by atoms with van der Waals surface area (Å²) in [6, 6.07) is 3.49. The molecule has 4 heteroatoms. The normalized spacial score (nSPS) is 26.2. The number of aromatic nitrogens is 1. The minimum absolute atomic E-state index is 0.199. The fourth-order valence-corrected chi connectivity index (χ4v) is 2.35. The molecule has 1 heterocycles. The van der Waals surface area contributed by atoms with Crippen molar-refractivity contribution >= 4 is 5.97 Å². The van der Waals surface area contributed by atoms with Crippen LogP contribution in [0, 0.1) is 5.41 Å². The van der Waals surface area contributed by atoms with Crippen LogP contribution in [0.1, 0.15) is 25.8 Å². The molecule has 1 aliphatic rings. The van der Waals surface area contributed by atoms with Crippen LogP contribution in [0.15, 0.2) is 18.3 Å². The smallest absolute Gasteiger partial charge is 0.314 e. The number of ether oxygens (including phenoxy) is 1. The summed E-state index contributed by atoms with van der Waals surface area (Å²) in [5, 5.41) is 9.36. The summed E-state index contributed by atoms with van der Waals surface area (Å²) in [7, 11) is 1.54. The molecule has 1 aromatic rings. The number of carbonyl (C=O) groups is 1. The van der Waals surface area contributed by atoms with Crippen LogP contribution < -0.4 is 4.74 Å². The van der Waals surface area contributed by atoms with Gasteiger partial charge in [0.2, 0.25) is 5.88 Å². The van der Waals surface area contributed by atoms with E-state index in [1.165, 1.54) is 7.11 Å². The molecule has 16 heavy (non-hydrogen) atoms. The molecule has 0 radical (unpaired) electrons. The Balaban J connectivity index is 2.39. The van der Waals surface area contributed by atoms with Crippen molar-refractivity contribution in [1.29, 1.82) is 0 Å². The summed E-state index contributed by atoms with van der Waals surface area (Å²) in [5.41, 5.74) is -0.215. The van der Waals surface area contributed by atoms with E-state index < -0.39 is 11.4 Å². The van der Waals surface area contributed by atoms with Gasteiger partial charge in [0.15, 0.2) is 0 Å². The summed E-state index contributed by atoms with van der Waals surface area (Å²) in [5.74, 6) is -0.271. The third-order valence-corrected chi connectivity index (χ3v) is 3.54. The second kappa shape index (κ2) is 3.20. The fourth-order valence-electron chi connectivity index (χ4n) is 2.35. The molecule has 4 nitrogen and oxygen atoms in total. The Morgan fingerprint density at radius 3 is 2.44 bits per heavy atom. The number of nitrogens with zero attached hydrogens (tertiary/aromatic N) is 1. The molecule has 0 bridgehead atoms. The summed E-state index contributed by atoms with van der Waals surface area (Å²) in [6.07, 6.45) is 2.26. The molecule has 0 saturated heterocycles. The predicted molar refractivity (Wildman–Crippen MR) is 58.5 cm³/mol. The number of carboxylic acids is 1. The maximum absolute atomic E-state index is 11.4. The van der Waals surface area contributed by atoms with Gasteiger partial charge in [0.05, 0.1) is 12.5 Å². The zero-order valence-electron chi connectivity index (χ0n) is 9.65. The lowest BCUT2D eigenvalue weighted by Crippen LogP contribution is -2.25. The highest BCUT2D eigenvalue weighted by Gasteiger charge is 2.67. The van der Waals surface area contributed by atoms with Gasteiger partial charge >= 0.3 is 5.97 Å². The van der Waals surface area contributed by atoms with E-state index in [2.05, 4.69) is 4.98 Å². The first-order valence-electron chi connectivity index (χ1n) is 5.18. The van der Waals surface area contributed by atoms with Gasteiger partial charge in [0, 0.05) is 12.3 Å². The van der Waals surface area contributed by atoms with Crippen molar-refractivity contribution in [1.82, 2.24) is 4.98 Å². The first kappa shape index (κ1) is 10.9. The molecule has 1 N–H and O–H groups in total. The number of pyridine rings is 1. The van der Waals surface area contributed by atoms with Gasteiger partial charge in [-0.1, -0.05) is 19.9 Å². The Hall–Kier alpha value is -1.58. The Morgan fingerprint density at radius 2 is 2.12 bits per heavy atom. The Labute approximate surface area is 94.3 Å². The summed E-state index contributed by atoms with van der Waals surface area (Å²) >= 11 is 0. The highest BCUT2D eigenvalue weighted by atomic mass is 16.5. The largest absolute Gasteiger partial charge is 0.481 e. The summed E-state index contributed by atoms with van der Waals surface area (Å²) < 4.78 is 4.96. The van der Waals surface area contributed by atoms with Crippen LogP contribution in [0.3, 0.4) is 0 Å². The average Bonchev–Trinajstić information content (AvgIpc) is 2.84. The highest BCUT2D eigenvalue weighted by molar-refractivity contribution is 5.87. The molecule has 1 atom stereocenters. The number of hydrogen-bond donors (Lipinski definition) is 1. The third-order valence-electron chi connectivity index (χ3n) is 3.54. The van der Waals surface area contributed by atoms with Gasteiger partial charge in [-0.15, -0.1) is 0 Å². The Morgan fingerprint density at radius 1 is 1.50 bits per heavy atom. The van der Waals surface area contributed by atoms with Gasteiger partial charge in [-0.2, -0.15) is 0 Å². The molecule has 1 aliphatic carbocycles. The third kappa shape index (κ3) is 1.29. The fraction of sp³-hybridized carbons (Fsp3) is 0.500. The zero-order valence-corrected chi connectivity index (χ0v) is 9.65. The van der Waals surface area contributed by atoms with Crippen LogP contribution in [0.5, 0.6) is 5.88 Å². The molecular weight excluding hydrogens is 206 g/mol. The topological polar surface area (TPSA) is 59.4 Å². The number of methoxy groups -OCH3 is 1. The summed E-state index contributed by atoms with van der Waals surface area (Å²) in [6.45, 7) is 3.93. The SMILES string of the molecule is COc1ccc(C2(C(=O)O)CC2(C)C)cn1. The lowest BCUT2D eigenvalue weighted by Gasteiger charge is -2.15. The molecule has 0 amide bonds. The molecular formula is C12H15NO3. The van der Waals surface area contributed by atoms with E-state index in [1.54, 1.807) is 18.3 Å². The predicted octanol–water partition coefficient (Wildman–Crippen LogP) is 1.84. The lowest BCUT2D eigenvalue weighted by molar-refractivity contribution is -0.141. The quantitative estimate of drug-likeness (QED) is 0.846. The van der Waals surface area contributed by atoms with Crippen molar-refractivity contribution in [3.8, 4) is 5.88 Å². The molecule has 1 saturated carbocycles. The van der Waals surface area contributed by atoms with Crippen LogP contribution in [-0.4, -0.2) is 23.2 Å². The molecule has 86 valence electrons. The van der Waals surface area contributed by atoms with Crippen LogP contribution in [0.25, 0.3) is 0 Å². The number of rotatable bonds is 3. The van der Waals surface area contributed by atoms with Crippen LogP contribution in [0.2, 0.25) is 0 Å². The van der Waals surface area contributed by atoms with Crippen molar-refractivity contribution < 1.29 is 14.6 Å². The van der Waals surface area contributed by atoms with Gasteiger partial charge in [0.1, 0.15) is 0 Å². The average molecular weight is 221 g/mol. The van der Waals surface area contributed by atoms with Gasteiger partial charge in [-0.05, 0) is 17.4 Å².